The number of thiazole rings is 3. The second-order valence-corrected chi connectivity index (χ2v) is 34.5. The van der Waals surface area contributed by atoms with Gasteiger partial charge in [-0.25, -0.2) is 44.2 Å². The van der Waals surface area contributed by atoms with Crippen LogP contribution in [0.1, 0.15) is 36.6 Å². The van der Waals surface area contributed by atoms with Gasteiger partial charge in [0.25, 0.3) is 40.3 Å². The van der Waals surface area contributed by atoms with Crippen molar-refractivity contribution in [1.29, 1.82) is 0 Å². The number of benzene rings is 13. The molecule has 23 aromatic rings. The molecule has 3 amide bonds. The van der Waals surface area contributed by atoms with Crippen molar-refractivity contribution < 1.29 is 38.5 Å². The second-order valence-electron chi connectivity index (χ2n) is 31.6. The molecule has 0 spiro atoms. The number of imidazole rings is 1. The lowest BCUT2D eigenvalue weighted by Crippen LogP contribution is -2.36. The second kappa shape index (κ2) is 37.3. The van der Waals surface area contributed by atoms with E-state index in [1.807, 2.05) is 153 Å². The van der Waals surface area contributed by atoms with Gasteiger partial charge in [-0.3, -0.25) is 28.3 Å². The molecule has 0 saturated heterocycles. The standard InChI is InChI=1S/C36H25N11O4S.C35H20N8O4.C31H18N8O2S2/c1-18-9-12-21(13-10-18)39-32(49)19-11-14-22-20(15-19)16-23(33-40-24-7-5-6-8-26(24)52-33)29(48)27(22)43-44-30-25(37-2)17-38-47(30)35-41-28-31(42-35)45(3)36(51)46(4)34(28)50;1-36-27-19-37-43(35-40-26-12-6-8-14-29(26)47-35)32(27)42-41-30-23-16-15-20(33(45)38-22-9-3-2-4-10-22)17-21(23)18-24(31(30)44)34-39-25-11-5-7-13-28(25)46-34;1-32-24-17-34-39(31-33-13-14-42-31)28(24)38-37-26-21-12-11-18(29(41)35-20-7-3-2-4-8-20)15-19(21)16-22(27(26)40)30-36-23-9-5-6-10-25(23)43-30/h5-17,48H,1,3-4H3,(H,39,49)(H,41,42);2-19,44H,(H,38,45);2-17,40H,(H,35,41). The van der Waals surface area contributed by atoms with Crippen molar-refractivity contribution >= 4 is 206 Å². The number of nitrogens with zero attached hydrogens (tertiary/aromatic N) is 23. The van der Waals surface area contributed by atoms with Crippen LogP contribution in [-0.4, -0.2) is 106 Å². The number of aromatic nitrogens is 15. The van der Waals surface area contributed by atoms with E-state index in [9.17, 15) is 39.3 Å². The van der Waals surface area contributed by atoms with Gasteiger partial charge in [0.15, 0.2) is 51.4 Å². The molecule has 10 heterocycles. The van der Waals surface area contributed by atoms with E-state index in [4.69, 9.17) is 38.5 Å². The summed E-state index contributed by atoms with van der Waals surface area (Å²) in [5, 5.41) is 89.7. The van der Waals surface area contributed by atoms with Crippen molar-refractivity contribution in [3.8, 4) is 66.9 Å². The molecule has 0 bridgehead atoms. The van der Waals surface area contributed by atoms with Gasteiger partial charge in [0.05, 0.1) is 75.4 Å². The normalized spacial score (nSPS) is 11.5. The summed E-state index contributed by atoms with van der Waals surface area (Å²) in [5.41, 5.74) is 8.63. The number of amides is 3. The molecule has 0 saturated carbocycles. The first-order valence-corrected chi connectivity index (χ1v) is 45.4. The number of phenols is 3. The topological polar surface area (TPSA) is 452 Å². The summed E-state index contributed by atoms with van der Waals surface area (Å²) in [7, 11) is 2.84. The van der Waals surface area contributed by atoms with Gasteiger partial charge in [-0.15, -0.1) is 64.7 Å². The average molecular weight is 1920 g/mol. The molecule has 10 aromatic heterocycles. The van der Waals surface area contributed by atoms with Gasteiger partial charge in [-0.2, -0.15) is 34.3 Å². The van der Waals surface area contributed by atoms with E-state index in [1.165, 1.54) is 85.3 Å². The monoisotopic (exact) mass is 1920 g/mol. The molecule has 0 atom stereocenters. The van der Waals surface area contributed by atoms with Gasteiger partial charge in [-0.1, -0.05) is 121 Å². The SMILES string of the molecule is [C-]#[N+]c1cnn(-c2nc3c(=O)n(C)c(=O)n(C)c3[nH]2)c1N=Nc1c(O)c(-c2nc3ccccc3s2)cc2cc(C(=O)Nc3ccc(C)cc3)ccc12.[C-]#[N+]c1cnn(-c2nc3ccccc3o2)c1N=Nc1c(O)c(-c2nc3ccccc3o2)cc2cc(C(=O)Nc3ccccc3)ccc12.[C-]#[N+]c1cnn(-c2nccs2)c1N=Nc1c(O)c(-c2nc3ccccc3s2)cc2cc(C(=O)Nc3ccccc3)ccc12. The molecule has 40 heteroatoms. The zero-order valence-electron chi connectivity index (χ0n) is 73.8. The van der Waals surface area contributed by atoms with Gasteiger partial charge >= 0.3 is 11.7 Å². The van der Waals surface area contributed by atoms with Crippen LogP contribution in [0.3, 0.4) is 0 Å². The van der Waals surface area contributed by atoms with Crippen LogP contribution < -0.4 is 27.2 Å². The number of hydrogen-bond acceptors (Lipinski definition) is 28. The van der Waals surface area contributed by atoms with Crippen LogP contribution in [0.2, 0.25) is 0 Å². The molecule has 37 nitrogen and oxygen atoms in total. The van der Waals surface area contributed by atoms with Crippen molar-refractivity contribution in [2.45, 2.75) is 6.92 Å². The third-order valence-corrected chi connectivity index (χ3v) is 25.5. The Morgan fingerprint density at radius 1 is 0.437 bits per heavy atom. The van der Waals surface area contributed by atoms with Crippen LogP contribution in [0.25, 0.3) is 150 Å². The highest BCUT2D eigenvalue weighted by molar-refractivity contribution is 7.22. The maximum atomic E-state index is 13.3. The van der Waals surface area contributed by atoms with E-state index < -0.39 is 11.2 Å². The first kappa shape index (κ1) is 88.4. The van der Waals surface area contributed by atoms with Gasteiger partial charge in [-0.05, 0) is 163 Å². The number of fused-ring (bicyclic) bond motifs is 8. The van der Waals surface area contributed by atoms with Crippen molar-refractivity contribution in [2.75, 3.05) is 16.0 Å². The molecule has 23 rings (SSSR count). The Balaban J connectivity index is 0.000000127. The summed E-state index contributed by atoms with van der Waals surface area (Å²) < 4.78 is 19.8. The molecule has 684 valence electrons. The van der Waals surface area contributed by atoms with Crippen molar-refractivity contribution in [3.05, 3.63) is 362 Å². The zero-order valence-corrected chi connectivity index (χ0v) is 76.3. The smallest absolute Gasteiger partial charge is 0.332 e. The highest BCUT2D eigenvalue weighted by Gasteiger charge is 2.28. The van der Waals surface area contributed by atoms with Gasteiger partial charge in [0.2, 0.25) is 17.0 Å². The Bertz CT molecular complexity index is 9300. The number of azo groups is 3. The van der Waals surface area contributed by atoms with Crippen molar-refractivity contribution in [2.24, 2.45) is 44.8 Å². The Hall–Kier alpha value is -20.1. The third-order valence-electron chi connectivity index (χ3n) is 22.6. The Morgan fingerprint density at radius 2 is 0.859 bits per heavy atom. The average Bonchev–Trinajstić information content (AvgIpc) is 1.69. The Kier molecular flexibility index (Phi) is 23.2. The van der Waals surface area contributed by atoms with E-state index >= 15 is 0 Å². The Morgan fingerprint density at radius 3 is 1.33 bits per heavy atom. The lowest BCUT2D eigenvalue weighted by Gasteiger charge is -2.11. The van der Waals surface area contributed by atoms with E-state index in [2.05, 4.69) is 101 Å². The summed E-state index contributed by atoms with van der Waals surface area (Å²) >= 11 is 4.15. The summed E-state index contributed by atoms with van der Waals surface area (Å²) in [4.78, 5) is 106. The van der Waals surface area contributed by atoms with Crippen molar-refractivity contribution in [3.63, 3.8) is 0 Å². The number of H-pyrrole nitrogens is 1. The maximum absolute atomic E-state index is 13.3. The van der Waals surface area contributed by atoms with Crippen LogP contribution >= 0.6 is 34.0 Å². The minimum absolute atomic E-state index is 0.00665. The van der Waals surface area contributed by atoms with Gasteiger partial charge < -0.3 is 45.1 Å². The number of aromatic amines is 1. The van der Waals surface area contributed by atoms with Crippen molar-refractivity contribution in [1.82, 2.24) is 73.4 Å². The fourth-order valence-electron chi connectivity index (χ4n) is 15.5. The highest BCUT2D eigenvalue weighted by Crippen LogP contribution is 2.51. The lowest BCUT2D eigenvalue weighted by atomic mass is 10.0. The van der Waals surface area contributed by atoms with E-state index in [0.29, 0.717) is 115 Å². The largest absolute Gasteiger partial charge is 0.505 e. The third kappa shape index (κ3) is 17.0. The highest BCUT2D eigenvalue weighted by atomic mass is 32.1. The number of nitrogens with one attached hydrogen (secondary N) is 4. The summed E-state index contributed by atoms with van der Waals surface area (Å²) in [6.07, 6.45) is 5.63. The van der Waals surface area contributed by atoms with E-state index in [0.717, 1.165) is 30.6 Å². The quantitative estimate of drug-likeness (QED) is 0.0310. The van der Waals surface area contributed by atoms with Crippen LogP contribution in [0.4, 0.5) is 68.6 Å². The van der Waals surface area contributed by atoms with E-state index in [1.54, 1.807) is 121 Å². The molecular formula is C102H63N27O10S3. The molecule has 0 radical (unpaired) electrons. The summed E-state index contributed by atoms with van der Waals surface area (Å²) in [6, 6.07) is 75.9. The number of para-hydroxylation sites is 8. The minimum Gasteiger partial charge on any atom is -0.505 e. The van der Waals surface area contributed by atoms with Crippen LogP contribution in [0, 0.1) is 26.6 Å². The van der Waals surface area contributed by atoms with Crippen LogP contribution in [0.5, 0.6) is 17.2 Å². The van der Waals surface area contributed by atoms with Crippen LogP contribution in [0.15, 0.2) is 334 Å². The van der Waals surface area contributed by atoms with Crippen LogP contribution in [-0.2, 0) is 14.1 Å². The van der Waals surface area contributed by atoms with Gasteiger partial charge in [0, 0.05) is 75.6 Å². The molecular weight excluding hydrogens is 1860 g/mol. The maximum Gasteiger partial charge on any atom is 0.332 e. The number of rotatable bonds is 18. The molecule has 0 aliphatic heterocycles. The lowest BCUT2D eigenvalue weighted by molar-refractivity contribution is 0.101. The number of carbonyl (C=O) groups excluding carboxylic acids is 3. The number of aryl methyl sites for hydroxylation is 2. The number of phenolic OH excluding ortho intramolecular Hbond substituents is 3. The number of anilines is 3. The molecule has 0 aliphatic carbocycles. The summed E-state index contributed by atoms with van der Waals surface area (Å²) in [6.45, 7) is 25.0. The Labute approximate surface area is 810 Å². The fourth-order valence-corrected chi connectivity index (χ4v) is 18.1. The molecule has 0 fully saturated rings. The minimum atomic E-state index is -0.615. The number of oxazole rings is 2. The van der Waals surface area contributed by atoms with E-state index in [-0.39, 0.29) is 121 Å². The first-order valence-electron chi connectivity index (χ1n) is 42.9. The molecule has 7 N–H and O–H groups in total. The summed E-state index contributed by atoms with van der Waals surface area (Å²) in [5.74, 6) is -1.18. The van der Waals surface area contributed by atoms with Gasteiger partial charge in [0.1, 0.15) is 43.8 Å². The first-order chi connectivity index (χ1) is 69.2. The predicted octanol–water partition coefficient (Wildman–Crippen LogP) is 24.4. The number of aromatic hydroxyl groups is 3. The molecule has 142 heavy (non-hydrogen) atoms. The number of hydrogen-bond donors (Lipinski definition) is 7. The number of carbonyl (C=O) groups is 3. The fraction of sp³-hybridized carbons (Fsp3) is 0.0294. The molecule has 0 aliphatic rings. The molecule has 0 unspecified atom stereocenters. The zero-order chi connectivity index (χ0) is 97.5. The molecule has 13 aromatic carbocycles. The predicted molar refractivity (Wildman–Crippen MR) is 540 cm³/mol.